The van der Waals surface area contributed by atoms with E-state index in [0.717, 1.165) is 16.1 Å². The van der Waals surface area contributed by atoms with E-state index in [-0.39, 0.29) is 19.6 Å². The Morgan fingerprint density at radius 1 is 1.03 bits per heavy atom. The van der Waals surface area contributed by atoms with Gasteiger partial charge in [-0.15, -0.1) is 6.58 Å². The van der Waals surface area contributed by atoms with Gasteiger partial charge in [0.2, 0.25) is 0 Å². The molecule has 0 saturated heterocycles. The molecule has 0 aliphatic carbocycles. The van der Waals surface area contributed by atoms with Gasteiger partial charge in [0, 0.05) is 0 Å². The predicted octanol–water partition coefficient (Wildman–Crippen LogP) is 3.79. The Kier molecular flexibility index (Phi) is 8.72. The number of benzene rings is 2. The summed E-state index contributed by atoms with van der Waals surface area (Å²) in [5.74, 6) is 0. The van der Waals surface area contributed by atoms with Crippen LogP contribution in [0, 0.1) is 0 Å². The summed E-state index contributed by atoms with van der Waals surface area (Å²) in [4.78, 5) is 24.8. The van der Waals surface area contributed by atoms with Crippen molar-refractivity contribution in [3.63, 3.8) is 0 Å². The smallest absolute Gasteiger partial charge is 0.429 e. The van der Waals surface area contributed by atoms with Crippen LogP contribution >= 0.6 is 0 Å². The normalized spacial score (nSPS) is 12.3. The van der Waals surface area contributed by atoms with E-state index in [4.69, 9.17) is 9.47 Å². The highest BCUT2D eigenvalue weighted by Crippen LogP contribution is 2.11. The molecule has 0 bridgehead atoms. The Morgan fingerprint density at radius 3 is 2.07 bits per heavy atom. The zero-order chi connectivity index (χ0) is 21.1. The minimum atomic E-state index is -0.939. The number of hydrogen-bond donors (Lipinski definition) is 2. The lowest BCUT2D eigenvalue weighted by Crippen LogP contribution is -2.55. The molecule has 0 spiro atoms. The van der Waals surface area contributed by atoms with Crippen molar-refractivity contribution in [1.82, 2.24) is 10.4 Å². The van der Waals surface area contributed by atoms with Gasteiger partial charge in [-0.05, 0) is 24.5 Å². The van der Waals surface area contributed by atoms with Gasteiger partial charge in [-0.2, -0.15) is 0 Å². The minimum absolute atomic E-state index is 0.0290. The lowest BCUT2D eigenvalue weighted by molar-refractivity contribution is 0.0113. The fraction of sp³-hybridized carbons (Fsp3) is 0.273. The number of nitrogens with one attached hydrogen (secondary N) is 1. The van der Waals surface area contributed by atoms with Crippen molar-refractivity contribution < 1.29 is 24.2 Å². The molecule has 7 heteroatoms. The second kappa shape index (κ2) is 11.5. The van der Waals surface area contributed by atoms with Crippen LogP contribution < -0.4 is 5.43 Å². The van der Waals surface area contributed by atoms with Crippen molar-refractivity contribution in [2.75, 3.05) is 0 Å². The molecule has 2 N–H and O–H groups in total. The lowest BCUT2D eigenvalue weighted by Gasteiger charge is -2.30. The van der Waals surface area contributed by atoms with Crippen LogP contribution in [0.25, 0.3) is 0 Å². The van der Waals surface area contributed by atoms with Gasteiger partial charge in [-0.1, -0.05) is 66.7 Å². The molecule has 0 aromatic heterocycles. The molecule has 2 aromatic carbocycles. The van der Waals surface area contributed by atoms with Crippen LogP contribution in [0.1, 0.15) is 24.5 Å². The standard InChI is InChI=1S/C22H26N2O5/c1-3-10-20(25)17(2)24(22(27)29-16-19-13-8-5-9-14-19)23-21(26)28-15-18-11-6-4-7-12-18/h3-9,11-14,17,20,25H,1,10,15-16H2,2H3,(H,23,26). The summed E-state index contributed by atoms with van der Waals surface area (Å²) in [6.07, 6.45) is -0.803. The Labute approximate surface area is 170 Å². The highest BCUT2D eigenvalue weighted by Gasteiger charge is 2.29. The summed E-state index contributed by atoms with van der Waals surface area (Å²) in [6, 6.07) is 17.5. The quantitative estimate of drug-likeness (QED) is 0.522. The molecule has 29 heavy (non-hydrogen) atoms. The van der Waals surface area contributed by atoms with E-state index >= 15 is 0 Å². The van der Waals surface area contributed by atoms with E-state index < -0.39 is 24.3 Å². The first kappa shape index (κ1) is 22.0. The monoisotopic (exact) mass is 398 g/mol. The first-order valence-corrected chi connectivity index (χ1v) is 9.27. The van der Waals surface area contributed by atoms with Gasteiger partial charge in [0.05, 0.1) is 12.1 Å². The molecule has 0 fully saturated rings. The average Bonchev–Trinajstić information content (AvgIpc) is 2.75. The third-order valence-electron chi connectivity index (χ3n) is 4.20. The topological polar surface area (TPSA) is 88.1 Å². The highest BCUT2D eigenvalue weighted by atomic mass is 16.6. The predicted molar refractivity (Wildman–Crippen MR) is 109 cm³/mol. The molecule has 2 amide bonds. The molecular weight excluding hydrogens is 372 g/mol. The summed E-state index contributed by atoms with van der Waals surface area (Å²) in [5, 5.41) is 11.2. The van der Waals surface area contributed by atoms with Crippen LogP contribution in [0.5, 0.6) is 0 Å². The number of aliphatic hydroxyl groups is 1. The number of amides is 2. The second-order valence-corrected chi connectivity index (χ2v) is 6.42. The molecule has 0 aliphatic rings. The first-order chi connectivity index (χ1) is 14.0. The van der Waals surface area contributed by atoms with Crippen molar-refractivity contribution in [1.29, 1.82) is 0 Å². The van der Waals surface area contributed by atoms with Gasteiger partial charge in [-0.3, -0.25) is 0 Å². The maximum Gasteiger partial charge on any atom is 0.429 e. The number of rotatable bonds is 8. The minimum Gasteiger partial charge on any atom is -0.443 e. The molecule has 2 atom stereocenters. The molecular formula is C22H26N2O5. The van der Waals surface area contributed by atoms with Gasteiger partial charge in [-0.25, -0.2) is 20.0 Å². The van der Waals surface area contributed by atoms with E-state index in [2.05, 4.69) is 12.0 Å². The molecule has 0 heterocycles. The lowest BCUT2D eigenvalue weighted by atomic mass is 10.1. The van der Waals surface area contributed by atoms with Crippen molar-refractivity contribution >= 4 is 12.2 Å². The fourth-order valence-corrected chi connectivity index (χ4v) is 2.50. The second-order valence-electron chi connectivity index (χ2n) is 6.42. The van der Waals surface area contributed by atoms with Gasteiger partial charge in [0.25, 0.3) is 0 Å². The molecule has 154 valence electrons. The third-order valence-corrected chi connectivity index (χ3v) is 4.20. The molecule has 2 unspecified atom stereocenters. The number of carbonyl (C=O) groups is 2. The van der Waals surface area contributed by atoms with Crippen molar-refractivity contribution in [2.45, 2.75) is 38.7 Å². The van der Waals surface area contributed by atoms with E-state index in [1.807, 2.05) is 60.7 Å². The SMILES string of the molecule is C=CCC(O)C(C)N(NC(=O)OCc1ccccc1)C(=O)OCc1ccccc1. The zero-order valence-electron chi connectivity index (χ0n) is 16.4. The zero-order valence-corrected chi connectivity index (χ0v) is 16.4. The third kappa shape index (κ3) is 7.31. The number of ether oxygens (including phenoxy) is 2. The number of hydrazine groups is 1. The van der Waals surface area contributed by atoms with E-state index in [0.29, 0.717) is 0 Å². The van der Waals surface area contributed by atoms with Crippen LogP contribution in [0.2, 0.25) is 0 Å². The van der Waals surface area contributed by atoms with Crippen molar-refractivity contribution in [3.8, 4) is 0 Å². The Balaban J connectivity index is 1.99. The van der Waals surface area contributed by atoms with Gasteiger partial charge in [0.1, 0.15) is 13.2 Å². The van der Waals surface area contributed by atoms with Crippen LogP contribution in [0.15, 0.2) is 73.3 Å². The van der Waals surface area contributed by atoms with Crippen LogP contribution in [-0.4, -0.2) is 34.4 Å². The molecule has 0 aliphatic heterocycles. The number of hydrogen-bond acceptors (Lipinski definition) is 5. The summed E-state index contributed by atoms with van der Waals surface area (Å²) in [6.45, 7) is 5.25. The average molecular weight is 398 g/mol. The highest BCUT2D eigenvalue weighted by molar-refractivity contribution is 5.74. The van der Waals surface area contributed by atoms with Crippen molar-refractivity contribution in [3.05, 3.63) is 84.4 Å². The van der Waals surface area contributed by atoms with Gasteiger partial charge >= 0.3 is 12.2 Å². The Hall–Kier alpha value is -3.32. The molecule has 0 saturated carbocycles. The van der Waals surface area contributed by atoms with E-state index in [9.17, 15) is 14.7 Å². The molecule has 2 rings (SSSR count). The first-order valence-electron chi connectivity index (χ1n) is 9.27. The van der Waals surface area contributed by atoms with E-state index in [1.54, 1.807) is 6.92 Å². The fourth-order valence-electron chi connectivity index (χ4n) is 2.50. The Bertz CT molecular complexity index is 782. The number of carbonyl (C=O) groups excluding carboxylic acids is 2. The van der Waals surface area contributed by atoms with Crippen LogP contribution in [0.4, 0.5) is 9.59 Å². The number of nitrogens with zero attached hydrogens (tertiary/aromatic N) is 1. The summed E-state index contributed by atoms with van der Waals surface area (Å²) in [7, 11) is 0. The van der Waals surface area contributed by atoms with Crippen LogP contribution in [-0.2, 0) is 22.7 Å². The summed E-state index contributed by atoms with van der Waals surface area (Å²) >= 11 is 0. The largest absolute Gasteiger partial charge is 0.443 e. The maximum absolute atomic E-state index is 12.6. The molecule has 7 nitrogen and oxygen atoms in total. The summed E-state index contributed by atoms with van der Waals surface area (Å²) < 4.78 is 10.4. The van der Waals surface area contributed by atoms with Gasteiger partial charge in [0.15, 0.2) is 0 Å². The van der Waals surface area contributed by atoms with Crippen molar-refractivity contribution in [2.24, 2.45) is 0 Å². The van der Waals surface area contributed by atoms with Gasteiger partial charge < -0.3 is 14.6 Å². The maximum atomic E-state index is 12.6. The molecule has 2 aromatic rings. The molecule has 0 radical (unpaired) electrons. The summed E-state index contributed by atoms with van der Waals surface area (Å²) in [5.41, 5.74) is 3.97. The van der Waals surface area contributed by atoms with E-state index in [1.165, 1.54) is 6.08 Å². The number of aliphatic hydroxyl groups excluding tert-OH is 1. The van der Waals surface area contributed by atoms with Crippen LogP contribution in [0.3, 0.4) is 0 Å². The Morgan fingerprint density at radius 2 is 1.55 bits per heavy atom.